The van der Waals surface area contributed by atoms with Crippen molar-refractivity contribution in [2.24, 2.45) is 0 Å². The second kappa shape index (κ2) is 6.55. The number of benzene rings is 1. The van der Waals surface area contributed by atoms with Crippen LogP contribution in [0.3, 0.4) is 0 Å². The van der Waals surface area contributed by atoms with E-state index in [1.807, 2.05) is 12.1 Å². The Balaban J connectivity index is 1.83. The van der Waals surface area contributed by atoms with Gasteiger partial charge in [0.2, 0.25) is 0 Å². The molecule has 0 aliphatic carbocycles. The Morgan fingerprint density at radius 1 is 1.22 bits per heavy atom. The van der Waals surface area contributed by atoms with Crippen molar-refractivity contribution in [3.63, 3.8) is 0 Å². The Kier molecular flexibility index (Phi) is 5.04. The van der Waals surface area contributed by atoms with Crippen LogP contribution in [0.4, 0.5) is 0 Å². The van der Waals surface area contributed by atoms with Gasteiger partial charge in [0.15, 0.2) is 0 Å². The van der Waals surface area contributed by atoms with E-state index in [9.17, 15) is 0 Å². The molecule has 0 amide bonds. The summed E-state index contributed by atoms with van der Waals surface area (Å²) < 4.78 is 0. The van der Waals surface area contributed by atoms with Crippen LogP contribution in [-0.2, 0) is 6.54 Å². The molecule has 100 valence electrons. The highest BCUT2D eigenvalue weighted by atomic mass is 35.5. The summed E-state index contributed by atoms with van der Waals surface area (Å²) in [5.74, 6) is 0. The molecule has 1 aromatic carbocycles. The van der Waals surface area contributed by atoms with E-state index in [0.29, 0.717) is 0 Å². The maximum absolute atomic E-state index is 6.02. The molecule has 1 aliphatic rings. The number of halogens is 1. The molecule has 0 radical (unpaired) electrons. The number of nitrogens with zero attached hydrogens (tertiary/aromatic N) is 2. The molecule has 1 aromatic rings. The van der Waals surface area contributed by atoms with Gasteiger partial charge in [-0.15, -0.1) is 0 Å². The van der Waals surface area contributed by atoms with E-state index in [2.05, 4.69) is 35.8 Å². The summed E-state index contributed by atoms with van der Waals surface area (Å²) in [6.07, 6.45) is 1.24. The first-order valence-corrected chi connectivity index (χ1v) is 7.27. The first-order valence-electron chi connectivity index (χ1n) is 6.90. The van der Waals surface area contributed by atoms with Crippen molar-refractivity contribution >= 4 is 11.6 Å². The van der Waals surface area contributed by atoms with E-state index in [1.54, 1.807) is 0 Å². The summed E-state index contributed by atoms with van der Waals surface area (Å²) >= 11 is 6.02. The predicted octanol–water partition coefficient (Wildman–Crippen LogP) is 3.26. The van der Waals surface area contributed by atoms with Gasteiger partial charge in [-0.3, -0.25) is 9.80 Å². The fraction of sp³-hybridized carbons (Fsp3) is 0.600. The first-order chi connectivity index (χ1) is 8.69. The van der Waals surface area contributed by atoms with Crippen molar-refractivity contribution in [3.8, 4) is 0 Å². The number of hydrogen-bond donors (Lipinski definition) is 0. The molecule has 0 N–H and O–H groups in total. The van der Waals surface area contributed by atoms with Crippen LogP contribution in [0.2, 0.25) is 5.02 Å². The van der Waals surface area contributed by atoms with Crippen molar-refractivity contribution in [1.82, 2.24) is 9.80 Å². The Morgan fingerprint density at radius 3 is 2.56 bits per heavy atom. The Labute approximate surface area is 116 Å². The van der Waals surface area contributed by atoms with E-state index >= 15 is 0 Å². The van der Waals surface area contributed by atoms with Crippen LogP contribution < -0.4 is 0 Å². The van der Waals surface area contributed by atoms with E-state index in [0.717, 1.165) is 30.7 Å². The molecule has 1 saturated heterocycles. The average Bonchev–Trinajstić information content (AvgIpc) is 2.39. The maximum Gasteiger partial charge on any atom is 0.0409 e. The topological polar surface area (TPSA) is 6.48 Å². The van der Waals surface area contributed by atoms with E-state index < -0.39 is 0 Å². The molecule has 2 nitrogen and oxygen atoms in total. The van der Waals surface area contributed by atoms with Crippen molar-refractivity contribution < 1.29 is 0 Å². The predicted molar refractivity (Wildman–Crippen MR) is 78.1 cm³/mol. The molecule has 1 unspecified atom stereocenters. The van der Waals surface area contributed by atoms with Crippen LogP contribution in [0.5, 0.6) is 0 Å². The van der Waals surface area contributed by atoms with E-state index in [4.69, 9.17) is 11.6 Å². The summed E-state index contributed by atoms with van der Waals surface area (Å²) in [6, 6.07) is 8.92. The molecule has 1 atom stereocenters. The molecule has 2 rings (SSSR count). The zero-order valence-electron chi connectivity index (χ0n) is 11.4. The van der Waals surface area contributed by atoms with Crippen molar-refractivity contribution in [1.29, 1.82) is 0 Å². The van der Waals surface area contributed by atoms with Gasteiger partial charge in [0.05, 0.1) is 0 Å². The quantitative estimate of drug-likeness (QED) is 0.825. The highest BCUT2D eigenvalue weighted by Gasteiger charge is 2.19. The standard InChI is InChI=1S/C15H23ClN2/c1-3-13(2)18-9-7-17(8-10-18)12-14-5-4-6-15(16)11-14/h4-6,11,13H,3,7-10,12H2,1-2H3. The Morgan fingerprint density at radius 2 is 1.94 bits per heavy atom. The lowest BCUT2D eigenvalue weighted by Gasteiger charge is -2.37. The average molecular weight is 267 g/mol. The fourth-order valence-corrected chi connectivity index (χ4v) is 2.73. The summed E-state index contributed by atoms with van der Waals surface area (Å²) in [6.45, 7) is 10.3. The summed E-state index contributed by atoms with van der Waals surface area (Å²) in [5, 5.41) is 0.839. The van der Waals surface area contributed by atoms with E-state index in [-0.39, 0.29) is 0 Å². The van der Waals surface area contributed by atoms with Crippen LogP contribution in [0, 0.1) is 0 Å². The van der Waals surface area contributed by atoms with Gasteiger partial charge >= 0.3 is 0 Å². The highest BCUT2D eigenvalue weighted by molar-refractivity contribution is 6.30. The molecule has 0 spiro atoms. The highest BCUT2D eigenvalue weighted by Crippen LogP contribution is 2.15. The third-order valence-corrected chi connectivity index (χ3v) is 4.15. The maximum atomic E-state index is 6.02. The van der Waals surface area contributed by atoms with Crippen LogP contribution in [-0.4, -0.2) is 42.0 Å². The number of rotatable bonds is 4. The molecule has 0 bridgehead atoms. The lowest BCUT2D eigenvalue weighted by molar-refractivity contribution is 0.0964. The lowest BCUT2D eigenvalue weighted by Crippen LogP contribution is -2.48. The second-order valence-corrected chi connectivity index (χ2v) is 5.64. The molecule has 18 heavy (non-hydrogen) atoms. The van der Waals surface area contributed by atoms with Crippen molar-refractivity contribution in [3.05, 3.63) is 34.9 Å². The van der Waals surface area contributed by atoms with Crippen molar-refractivity contribution in [2.45, 2.75) is 32.9 Å². The Bertz CT molecular complexity index is 373. The van der Waals surface area contributed by atoms with Crippen LogP contribution in [0.1, 0.15) is 25.8 Å². The molecule has 0 saturated carbocycles. The smallest absolute Gasteiger partial charge is 0.0409 e. The third-order valence-electron chi connectivity index (χ3n) is 3.92. The monoisotopic (exact) mass is 266 g/mol. The molecule has 1 fully saturated rings. The van der Waals surface area contributed by atoms with Gasteiger partial charge in [-0.25, -0.2) is 0 Å². The first kappa shape index (κ1) is 13.9. The van der Waals surface area contributed by atoms with Gasteiger partial charge in [0.25, 0.3) is 0 Å². The summed E-state index contributed by atoms with van der Waals surface area (Å²) in [4.78, 5) is 5.11. The SMILES string of the molecule is CCC(C)N1CCN(Cc2cccc(Cl)c2)CC1. The largest absolute Gasteiger partial charge is 0.298 e. The van der Waals surface area contributed by atoms with Gasteiger partial charge < -0.3 is 0 Å². The second-order valence-electron chi connectivity index (χ2n) is 5.20. The summed E-state index contributed by atoms with van der Waals surface area (Å²) in [7, 11) is 0. The lowest BCUT2D eigenvalue weighted by atomic mass is 10.1. The molecule has 1 heterocycles. The minimum atomic E-state index is 0.721. The zero-order valence-corrected chi connectivity index (χ0v) is 12.2. The zero-order chi connectivity index (χ0) is 13.0. The molecular formula is C15H23ClN2. The fourth-order valence-electron chi connectivity index (χ4n) is 2.51. The van der Waals surface area contributed by atoms with Gasteiger partial charge in [-0.1, -0.05) is 30.7 Å². The van der Waals surface area contributed by atoms with Crippen LogP contribution in [0.25, 0.3) is 0 Å². The van der Waals surface area contributed by atoms with Gasteiger partial charge in [-0.05, 0) is 31.0 Å². The number of hydrogen-bond acceptors (Lipinski definition) is 2. The van der Waals surface area contributed by atoms with Crippen molar-refractivity contribution in [2.75, 3.05) is 26.2 Å². The molecular weight excluding hydrogens is 244 g/mol. The van der Waals surface area contributed by atoms with Gasteiger partial charge in [0, 0.05) is 43.8 Å². The third kappa shape index (κ3) is 3.71. The summed E-state index contributed by atoms with van der Waals surface area (Å²) in [5.41, 5.74) is 1.32. The Hall–Kier alpha value is -0.570. The normalized spacial score (nSPS) is 19.9. The minimum absolute atomic E-state index is 0.721. The minimum Gasteiger partial charge on any atom is -0.298 e. The van der Waals surface area contributed by atoms with Gasteiger partial charge in [-0.2, -0.15) is 0 Å². The number of piperazine rings is 1. The molecule has 0 aromatic heterocycles. The van der Waals surface area contributed by atoms with E-state index in [1.165, 1.54) is 25.1 Å². The molecule has 1 aliphatic heterocycles. The molecule has 3 heteroatoms. The van der Waals surface area contributed by atoms with Crippen LogP contribution in [0.15, 0.2) is 24.3 Å². The van der Waals surface area contributed by atoms with Crippen LogP contribution >= 0.6 is 11.6 Å². The van der Waals surface area contributed by atoms with Gasteiger partial charge in [0.1, 0.15) is 0 Å².